The molecule has 0 fully saturated rings. The molecule has 1 unspecified atom stereocenters. The van der Waals surface area contributed by atoms with Gasteiger partial charge >= 0.3 is 5.97 Å². The molecular formula is C20H23N5O4S. The third kappa shape index (κ3) is 7.84. The molecule has 2 rings (SSSR count). The van der Waals surface area contributed by atoms with Gasteiger partial charge in [-0.1, -0.05) is 24.3 Å². The minimum absolute atomic E-state index is 0.142. The molecule has 0 aliphatic heterocycles. The number of nitrogens with zero attached hydrogens (tertiary/aromatic N) is 1. The molecule has 2 amide bonds. The van der Waals surface area contributed by atoms with Crippen molar-refractivity contribution in [3.8, 4) is 0 Å². The number of amides is 2. The lowest BCUT2D eigenvalue weighted by Crippen LogP contribution is -2.45. The summed E-state index contributed by atoms with van der Waals surface area (Å²) in [5.41, 5.74) is 11.3. The zero-order valence-electron chi connectivity index (χ0n) is 16.1. The van der Waals surface area contributed by atoms with Crippen LogP contribution in [0.3, 0.4) is 0 Å². The highest BCUT2D eigenvalue weighted by Gasteiger charge is 2.20. The monoisotopic (exact) mass is 429 g/mol. The topological polar surface area (TPSA) is 160 Å². The Kier molecular flexibility index (Phi) is 8.70. The number of carbonyl (C=O) groups excluding carboxylic acids is 2. The van der Waals surface area contributed by atoms with E-state index in [1.165, 1.54) is 17.8 Å². The van der Waals surface area contributed by atoms with E-state index in [0.29, 0.717) is 11.4 Å². The van der Waals surface area contributed by atoms with Crippen molar-refractivity contribution in [2.24, 2.45) is 16.5 Å². The van der Waals surface area contributed by atoms with E-state index in [0.717, 1.165) is 4.90 Å². The Morgan fingerprint density at radius 3 is 2.47 bits per heavy atom. The van der Waals surface area contributed by atoms with Crippen molar-refractivity contribution in [3.63, 3.8) is 0 Å². The number of aliphatic carboxylic acids is 1. The number of carboxylic acids is 1. The number of rotatable bonds is 10. The molecule has 0 heterocycles. The second-order valence-electron chi connectivity index (χ2n) is 6.18. The molecule has 10 heteroatoms. The van der Waals surface area contributed by atoms with E-state index in [-0.39, 0.29) is 24.5 Å². The summed E-state index contributed by atoms with van der Waals surface area (Å²) in [6.07, 6.45) is 0.245. The lowest BCUT2D eigenvalue weighted by atomic mass is 10.2. The molecule has 1 atom stereocenters. The predicted molar refractivity (Wildman–Crippen MR) is 116 cm³/mol. The van der Waals surface area contributed by atoms with E-state index in [1.807, 2.05) is 30.3 Å². The van der Waals surface area contributed by atoms with Crippen molar-refractivity contribution >= 4 is 41.2 Å². The smallest absolute Gasteiger partial charge is 0.326 e. The number of hydrogen-bond donors (Lipinski definition) is 5. The summed E-state index contributed by atoms with van der Waals surface area (Å²) >= 11 is 1.50. The fraction of sp³-hybridized carbons (Fsp3) is 0.200. The van der Waals surface area contributed by atoms with Gasteiger partial charge in [0, 0.05) is 16.2 Å². The molecule has 2 aromatic carbocycles. The van der Waals surface area contributed by atoms with Crippen LogP contribution in [0.5, 0.6) is 0 Å². The quantitative estimate of drug-likeness (QED) is 0.214. The maximum atomic E-state index is 12.2. The molecule has 0 saturated heterocycles. The molecule has 0 saturated carbocycles. The molecule has 9 nitrogen and oxygen atoms in total. The molecule has 0 aromatic heterocycles. The molecule has 0 aliphatic carbocycles. The summed E-state index contributed by atoms with van der Waals surface area (Å²) in [5.74, 6) is -1.86. The van der Waals surface area contributed by atoms with Crippen LogP contribution < -0.4 is 22.1 Å². The van der Waals surface area contributed by atoms with Crippen LogP contribution in [0.25, 0.3) is 0 Å². The van der Waals surface area contributed by atoms with Gasteiger partial charge in [0.05, 0.1) is 12.2 Å². The SMILES string of the molecule is NC(N)=Nc1cccc(C(=O)NCC(=O)NC(CCSc2ccccc2)C(=O)O)c1. The van der Waals surface area contributed by atoms with E-state index >= 15 is 0 Å². The molecule has 158 valence electrons. The maximum Gasteiger partial charge on any atom is 0.326 e. The highest BCUT2D eigenvalue weighted by molar-refractivity contribution is 7.99. The van der Waals surface area contributed by atoms with Crippen molar-refractivity contribution in [1.29, 1.82) is 0 Å². The number of nitrogens with two attached hydrogens (primary N) is 2. The van der Waals surface area contributed by atoms with Crippen LogP contribution in [0, 0.1) is 0 Å². The van der Waals surface area contributed by atoms with Gasteiger partial charge in [0.15, 0.2) is 5.96 Å². The maximum absolute atomic E-state index is 12.2. The third-order valence-corrected chi connectivity index (χ3v) is 4.87. The molecule has 0 bridgehead atoms. The zero-order chi connectivity index (χ0) is 21.9. The van der Waals surface area contributed by atoms with Crippen LogP contribution in [0.2, 0.25) is 0 Å². The zero-order valence-corrected chi connectivity index (χ0v) is 16.9. The van der Waals surface area contributed by atoms with Crippen molar-refractivity contribution in [3.05, 3.63) is 60.2 Å². The molecule has 0 aliphatic rings. The Balaban J connectivity index is 1.83. The van der Waals surface area contributed by atoms with Crippen molar-refractivity contribution in [2.45, 2.75) is 17.4 Å². The Morgan fingerprint density at radius 2 is 1.80 bits per heavy atom. The summed E-state index contributed by atoms with van der Waals surface area (Å²) in [7, 11) is 0. The van der Waals surface area contributed by atoms with Gasteiger partial charge in [0.2, 0.25) is 5.91 Å². The summed E-state index contributed by atoms with van der Waals surface area (Å²) < 4.78 is 0. The second-order valence-corrected chi connectivity index (χ2v) is 7.35. The van der Waals surface area contributed by atoms with Crippen LogP contribution in [0.4, 0.5) is 5.69 Å². The van der Waals surface area contributed by atoms with Crippen LogP contribution in [-0.4, -0.2) is 47.2 Å². The van der Waals surface area contributed by atoms with Gasteiger partial charge in [-0.3, -0.25) is 9.59 Å². The number of benzene rings is 2. The van der Waals surface area contributed by atoms with Crippen molar-refractivity contribution in [2.75, 3.05) is 12.3 Å². The van der Waals surface area contributed by atoms with Crippen LogP contribution >= 0.6 is 11.8 Å². The number of aliphatic imine (C=N–C) groups is 1. The van der Waals surface area contributed by atoms with Gasteiger partial charge in [0.1, 0.15) is 6.04 Å². The van der Waals surface area contributed by atoms with Crippen molar-refractivity contribution < 1.29 is 19.5 Å². The summed E-state index contributed by atoms with van der Waals surface area (Å²) in [6.45, 7) is -0.360. The third-order valence-electron chi connectivity index (χ3n) is 3.83. The van der Waals surface area contributed by atoms with Crippen LogP contribution in [0.1, 0.15) is 16.8 Å². The Hall–Kier alpha value is -3.53. The molecule has 30 heavy (non-hydrogen) atoms. The normalized spacial score (nSPS) is 11.2. The minimum atomic E-state index is -1.13. The summed E-state index contributed by atoms with van der Waals surface area (Å²) in [4.78, 5) is 40.6. The van der Waals surface area contributed by atoms with E-state index in [4.69, 9.17) is 11.5 Å². The number of guanidine groups is 1. The second kappa shape index (κ2) is 11.5. The number of carbonyl (C=O) groups is 3. The minimum Gasteiger partial charge on any atom is -0.480 e. The molecular weight excluding hydrogens is 406 g/mol. The number of carboxylic acid groups (broad SMARTS) is 1. The van der Waals surface area contributed by atoms with Crippen LogP contribution in [-0.2, 0) is 9.59 Å². The fourth-order valence-electron chi connectivity index (χ4n) is 2.44. The van der Waals surface area contributed by atoms with E-state index < -0.39 is 23.8 Å². The average Bonchev–Trinajstić information content (AvgIpc) is 2.71. The average molecular weight is 430 g/mol. The predicted octanol–water partition coefficient (Wildman–Crippen LogP) is 1.07. The van der Waals surface area contributed by atoms with E-state index in [2.05, 4.69) is 15.6 Å². The Bertz CT molecular complexity index is 916. The van der Waals surface area contributed by atoms with Crippen molar-refractivity contribution in [1.82, 2.24) is 10.6 Å². The highest BCUT2D eigenvalue weighted by Crippen LogP contribution is 2.18. The van der Waals surface area contributed by atoms with Gasteiger partial charge in [0.25, 0.3) is 5.91 Å². The highest BCUT2D eigenvalue weighted by atomic mass is 32.2. The first-order valence-electron chi connectivity index (χ1n) is 9.03. The van der Waals surface area contributed by atoms with Crippen LogP contribution in [0.15, 0.2) is 64.5 Å². The van der Waals surface area contributed by atoms with E-state index in [1.54, 1.807) is 18.2 Å². The molecule has 7 N–H and O–H groups in total. The van der Waals surface area contributed by atoms with E-state index in [9.17, 15) is 19.5 Å². The van der Waals surface area contributed by atoms with Gasteiger partial charge in [-0.2, -0.15) is 0 Å². The first-order chi connectivity index (χ1) is 14.3. The Labute approximate surface area is 177 Å². The number of thioether (sulfide) groups is 1. The lowest BCUT2D eigenvalue weighted by Gasteiger charge is -2.14. The van der Waals surface area contributed by atoms with Gasteiger partial charge < -0.3 is 27.2 Å². The van der Waals surface area contributed by atoms with Gasteiger partial charge in [-0.15, -0.1) is 11.8 Å². The first-order valence-corrected chi connectivity index (χ1v) is 10.0. The lowest BCUT2D eigenvalue weighted by molar-refractivity contribution is -0.141. The molecule has 0 spiro atoms. The largest absolute Gasteiger partial charge is 0.480 e. The van der Waals surface area contributed by atoms with Gasteiger partial charge in [-0.25, -0.2) is 9.79 Å². The number of hydrogen-bond acceptors (Lipinski definition) is 5. The summed E-state index contributed by atoms with van der Waals surface area (Å²) in [5, 5.41) is 14.2. The fourth-order valence-corrected chi connectivity index (χ4v) is 3.38. The molecule has 0 radical (unpaired) electrons. The summed E-state index contributed by atoms with van der Waals surface area (Å²) in [6, 6.07) is 14.7. The standard InChI is InChI=1S/C20H23N5O4S/c21-20(22)24-14-6-4-5-13(11-14)18(27)23-12-17(26)25-16(19(28)29)9-10-30-15-7-2-1-3-8-15/h1-8,11,16H,9-10,12H2,(H,23,27)(H,25,26)(H,28,29)(H4,21,22,24). The van der Waals surface area contributed by atoms with Gasteiger partial charge in [-0.05, 0) is 36.8 Å². The molecule has 2 aromatic rings. The Morgan fingerprint density at radius 1 is 1.07 bits per heavy atom. The first kappa shape index (κ1) is 22.8. The number of nitrogens with one attached hydrogen (secondary N) is 2.